The molecule has 0 aromatic heterocycles. The number of rotatable bonds is 7. The summed E-state index contributed by atoms with van der Waals surface area (Å²) in [6.45, 7) is -0.883. The molecule has 10 heteroatoms. The molecule has 10 nitrogen and oxygen atoms in total. The van der Waals surface area contributed by atoms with Gasteiger partial charge in [-0.25, -0.2) is 0 Å². The Morgan fingerprint density at radius 3 is 1.38 bits per heavy atom. The summed E-state index contributed by atoms with van der Waals surface area (Å²) in [5.74, 6) is 0. The molecule has 0 aliphatic carbocycles. The van der Waals surface area contributed by atoms with Crippen LogP contribution >= 0.6 is 0 Å². The summed E-state index contributed by atoms with van der Waals surface area (Å²) in [4.78, 5) is 4.71. The third-order valence-corrected chi connectivity index (χ3v) is 1.80. The molecule has 0 saturated heterocycles. The standard InChI is InChI=1S/C6H12N6O4/c7-11-9-1-3(13)5(15)6(16)4(14)2-10-12-8/h3-6,13-16H,1-2H2/t3-,4-,5-,6-/m1/s1. The Balaban J connectivity index is 4.28. The third-order valence-electron chi connectivity index (χ3n) is 1.80. The van der Waals surface area contributed by atoms with Crippen molar-refractivity contribution in [2.24, 2.45) is 10.2 Å². The maximum absolute atomic E-state index is 9.30. The van der Waals surface area contributed by atoms with E-state index in [1.54, 1.807) is 0 Å². The van der Waals surface area contributed by atoms with Crippen LogP contribution in [0.3, 0.4) is 0 Å². The van der Waals surface area contributed by atoms with Crippen molar-refractivity contribution in [2.45, 2.75) is 24.4 Å². The van der Waals surface area contributed by atoms with E-state index in [9.17, 15) is 20.4 Å². The molecule has 0 aliphatic rings. The van der Waals surface area contributed by atoms with Gasteiger partial charge in [-0.05, 0) is 11.1 Å². The summed E-state index contributed by atoms with van der Waals surface area (Å²) in [6, 6.07) is 0. The molecule has 0 aromatic carbocycles. The van der Waals surface area contributed by atoms with Gasteiger partial charge in [0, 0.05) is 9.82 Å². The first-order valence-corrected chi connectivity index (χ1v) is 4.28. The Hall–Kier alpha value is -1.54. The highest BCUT2D eigenvalue weighted by atomic mass is 16.4. The normalized spacial score (nSPS) is 17.5. The Morgan fingerprint density at radius 1 is 0.812 bits per heavy atom. The second-order valence-electron chi connectivity index (χ2n) is 2.94. The van der Waals surface area contributed by atoms with Gasteiger partial charge in [0.1, 0.15) is 12.2 Å². The molecule has 0 unspecified atom stereocenters. The lowest BCUT2D eigenvalue weighted by Gasteiger charge is -2.24. The van der Waals surface area contributed by atoms with Crippen molar-refractivity contribution >= 4 is 0 Å². The largest absolute Gasteiger partial charge is 0.390 e. The van der Waals surface area contributed by atoms with Crippen LogP contribution < -0.4 is 0 Å². The van der Waals surface area contributed by atoms with Crippen LogP contribution in [0.5, 0.6) is 0 Å². The van der Waals surface area contributed by atoms with Gasteiger partial charge in [-0.1, -0.05) is 10.2 Å². The van der Waals surface area contributed by atoms with E-state index in [2.05, 4.69) is 20.1 Å². The zero-order chi connectivity index (χ0) is 12.6. The van der Waals surface area contributed by atoms with Gasteiger partial charge in [0.15, 0.2) is 0 Å². The van der Waals surface area contributed by atoms with Gasteiger partial charge in [0.05, 0.1) is 25.3 Å². The topological polar surface area (TPSA) is 178 Å². The number of aliphatic hydroxyl groups is 4. The van der Waals surface area contributed by atoms with Crippen LogP contribution in [0, 0.1) is 0 Å². The average Bonchev–Trinajstić information content (AvgIpc) is 2.30. The smallest absolute Gasteiger partial charge is 0.108 e. The van der Waals surface area contributed by atoms with E-state index in [1.165, 1.54) is 0 Å². The first-order valence-electron chi connectivity index (χ1n) is 4.28. The second kappa shape index (κ2) is 7.71. The van der Waals surface area contributed by atoms with Crippen molar-refractivity contribution in [3.63, 3.8) is 0 Å². The van der Waals surface area contributed by atoms with Gasteiger partial charge >= 0.3 is 0 Å². The second-order valence-corrected chi connectivity index (χ2v) is 2.94. The fourth-order valence-electron chi connectivity index (χ4n) is 0.912. The molecular formula is C6H12N6O4. The molecule has 0 fully saturated rings. The third kappa shape index (κ3) is 4.80. The SMILES string of the molecule is [N-]=[N+]=NC[C@@H](O)[C@@H](O)[C@H](O)[C@H](O)CN=[N+]=[N-]. The molecule has 0 saturated carbocycles. The fourth-order valence-corrected chi connectivity index (χ4v) is 0.912. The van der Waals surface area contributed by atoms with Crippen LogP contribution in [0.4, 0.5) is 0 Å². The van der Waals surface area contributed by atoms with Gasteiger partial charge in [0.25, 0.3) is 0 Å². The fraction of sp³-hybridized carbons (Fsp3) is 1.00. The van der Waals surface area contributed by atoms with E-state index in [-0.39, 0.29) is 0 Å². The van der Waals surface area contributed by atoms with E-state index in [0.717, 1.165) is 0 Å². The first-order chi connectivity index (χ1) is 7.54. The molecule has 0 bridgehead atoms. The van der Waals surface area contributed by atoms with Crippen LogP contribution in [-0.2, 0) is 0 Å². The summed E-state index contributed by atoms with van der Waals surface area (Å²) < 4.78 is 0. The van der Waals surface area contributed by atoms with E-state index in [1.807, 2.05) is 0 Å². The molecule has 90 valence electrons. The van der Waals surface area contributed by atoms with Crippen LogP contribution in [0.1, 0.15) is 0 Å². The molecule has 0 heterocycles. The van der Waals surface area contributed by atoms with Gasteiger partial charge in [-0.3, -0.25) is 0 Å². The summed E-state index contributed by atoms with van der Waals surface area (Å²) in [5.41, 5.74) is 15.9. The first kappa shape index (κ1) is 14.5. The molecule has 0 aromatic rings. The monoisotopic (exact) mass is 232 g/mol. The molecule has 0 aliphatic heterocycles. The van der Waals surface area contributed by atoms with Crippen LogP contribution in [0.25, 0.3) is 20.9 Å². The molecule has 16 heavy (non-hydrogen) atoms. The van der Waals surface area contributed by atoms with Crippen LogP contribution in [-0.4, -0.2) is 57.9 Å². The molecule has 0 spiro atoms. The highest BCUT2D eigenvalue weighted by Crippen LogP contribution is 2.06. The van der Waals surface area contributed by atoms with E-state index in [4.69, 9.17) is 11.1 Å². The summed E-state index contributed by atoms with van der Waals surface area (Å²) in [5, 5.41) is 43.0. The van der Waals surface area contributed by atoms with E-state index in [0.29, 0.717) is 0 Å². The number of aliphatic hydroxyl groups excluding tert-OH is 4. The van der Waals surface area contributed by atoms with E-state index < -0.39 is 37.5 Å². The minimum atomic E-state index is -1.70. The number of hydrogen-bond donors (Lipinski definition) is 4. The van der Waals surface area contributed by atoms with Crippen molar-refractivity contribution in [1.29, 1.82) is 0 Å². The summed E-state index contributed by atoms with van der Waals surface area (Å²) in [6.07, 6.45) is -6.41. The maximum Gasteiger partial charge on any atom is 0.108 e. The van der Waals surface area contributed by atoms with Gasteiger partial charge in [0.2, 0.25) is 0 Å². The van der Waals surface area contributed by atoms with Crippen molar-refractivity contribution in [1.82, 2.24) is 0 Å². The molecule has 0 rings (SSSR count). The lowest BCUT2D eigenvalue weighted by molar-refractivity contribution is -0.0989. The predicted molar refractivity (Wildman–Crippen MR) is 52.1 cm³/mol. The lowest BCUT2D eigenvalue weighted by atomic mass is 10.0. The highest BCUT2D eigenvalue weighted by Gasteiger charge is 2.29. The Labute approximate surface area is 90.0 Å². The van der Waals surface area contributed by atoms with Gasteiger partial charge in [-0.15, -0.1) is 0 Å². The predicted octanol–water partition coefficient (Wildman–Crippen LogP) is -0.949. The van der Waals surface area contributed by atoms with Crippen molar-refractivity contribution in [3.8, 4) is 0 Å². The zero-order valence-corrected chi connectivity index (χ0v) is 8.20. The Kier molecular flexibility index (Phi) is 6.97. The Morgan fingerprint density at radius 2 is 1.12 bits per heavy atom. The van der Waals surface area contributed by atoms with E-state index >= 15 is 0 Å². The van der Waals surface area contributed by atoms with Gasteiger partial charge < -0.3 is 20.4 Å². The molecule has 4 atom stereocenters. The molecular weight excluding hydrogens is 220 g/mol. The summed E-state index contributed by atoms with van der Waals surface area (Å²) in [7, 11) is 0. The van der Waals surface area contributed by atoms with Crippen LogP contribution in [0.2, 0.25) is 0 Å². The maximum atomic E-state index is 9.30. The molecule has 0 radical (unpaired) electrons. The van der Waals surface area contributed by atoms with Crippen molar-refractivity contribution in [3.05, 3.63) is 20.9 Å². The van der Waals surface area contributed by atoms with Crippen LogP contribution in [0.15, 0.2) is 10.2 Å². The number of nitrogens with zero attached hydrogens (tertiary/aromatic N) is 6. The average molecular weight is 232 g/mol. The molecule has 4 N–H and O–H groups in total. The van der Waals surface area contributed by atoms with Crippen molar-refractivity contribution in [2.75, 3.05) is 13.1 Å². The Bertz CT molecular complexity index is 269. The van der Waals surface area contributed by atoms with Gasteiger partial charge in [-0.2, -0.15) is 0 Å². The quantitative estimate of drug-likeness (QED) is 0.251. The highest BCUT2D eigenvalue weighted by molar-refractivity contribution is 4.83. The zero-order valence-electron chi connectivity index (χ0n) is 8.20. The number of hydrogen-bond acceptors (Lipinski definition) is 6. The molecule has 0 amide bonds. The summed E-state index contributed by atoms with van der Waals surface area (Å²) >= 11 is 0. The lowest BCUT2D eigenvalue weighted by Crippen LogP contribution is -2.46. The van der Waals surface area contributed by atoms with Crippen molar-refractivity contribution < 1.29 is 20.4 Å². The minimum absolute atomic E-state index is 0.442. The minimum Gasteiger partial charge on any atom is -0.390 e. The number of azide groups is 2.